The molecule has 0 aromatic heterocycles. The second-order valence-corrected chi connectivity index (χ2v) is 11.2. The van der Waals surface area contributed by atoms with Crippen molar-refractivity contribution >= 4 is 22.6 Å². The van der Waals surface area contributed by atoms with E-state index in [4.69, 9.17) is 0 Å². The SMILES string of the molecule is C=C(CC1(I)CC2CC[C@@]1(C)C2(C)C)C1CC2C=CC1C2. The van der Waals surface area contributed by atoms with Gasteiger partial charge in [-0.15, -0.1) is 0 Å². The zero-order valence-electron chi connectivity index (χ0n) is 13.8. The molecule has 21 heavy (non-hydrogen) atoms. The predicted molar refractivity (Wildman–Crippen MR) is 98.6 cm³/mol. The molecule has 5 unspecified atom stereocenters. The highest BCUT2D eigenvalue weighted by atomic mass is 127. The number of halogens is 1. The molecular formula is C20H29I. The van der Waals surface area contributed by atoms with Crippen molar-refractivity contribution in [3.63, 3.8) is 0 Å². The lowest BCUT2D eigenvalue weighted by molar-refractivity contribution is 0.126. The Hall–Kier alpha value is 0.210. The van der Waals surface area contributed by atoms with Gasteiger partial charge in [-0.25, -0.2) is 0 Å². The van der Waals surface area contributed by atoms with Crippen molar-refractivity contribution in [2.75, 3.05) is 0 Å². The molecule has 0 heterocycles. The average molecular weight is 396 g/mol. The first-order valence-corrected chi connectivity index (χ1v) is 9.90. The van der Waals surface area contributed by atoms with E-state index in [2.05, 4.69) is 62.1 Å². The summed E-state index contributed by atoms with van der Waals surface area (Å²) >= 11 is 2.85. The van der Waals surface area contributed by atoms with E-state index in [9.17, 15) is 0 Å². The smallest absolute Gasteiger partial charge is 0.0321 e. The van der Waals surface area contributed by atoms with Gasteiger partial charge in [0.25, 0.3) is 0 Å². The van der Waals surface area contributed by atoms with E-state index in [-0.39, 0.29) is 0 Å². The maximum absolute atomic E-state index is 4.59. The molecule has 3 saturated carbocycles. The van der Waals surface area contributed by atoms with Crippen LogP contribution in [0.15, 0.2) is 24.3 Å². The predicted octanol–water partition coefficient (Wildman–Crippen LogP) is 6.16. The van der Waals surface area contributed by atoms with Gasteiger partial charge in [-0.1, -0.05) is 67.7 Å². The summed E-state index contributed by atoms with van der Waals surface area (Å²) in [6, 6.07) is 0. The summed E-state index contributed by atoms with van der Waals surface area (Å²) in [5, 5.41) is 0. The summed E-state index contributed by atoms with van der Waals surface area (Å²) < 4.78 is 0.458. The molecule has 0 aliphatic heterocycles. The maximum atomic E-state index is 4.59. The normalized spacial score (nSPS) is 52.8. The highest BCUT2D eigenvalue weighted by Crippen LogP contribution is 2.74. The van der Waals surface area contributed by atoms with Crippen molar-refractivity contribution in [3.05, 3.63) is 24.3 Å². The number of fused-ring (bicyclic) bond motifs is 4. The fourth-order valence-electron chi connectivity index (χ4n) is 6.38. The van der Waals surface area contributed by atoms with Crippen LogP contribution in [0.4, 0.5) is 0 Å². The average Bonchev–Trinajstić information content (AvgIpc) is 3.11. The maximum Gasteiger partial charge on any atom is 0.0321 e. The summed E-state index contributed by atoms with van der Waals surface area (Å²) in [6.07, 6.45) is 13.3. The minimum Gasteiger partial charge on any atom is -0.0995 e. The van der Waals surface area contributed by atoms with Crippen LogP contribution in [0.2, 0.25) is 0 Å². The summed E-state index contributed by atoms with van der Waals surface area (Å²) in [6.45, 7) is 12.2. The summed E-state index contributed by atoms with van der Waals surface area (Å²) in [5.41, 5.74) is 2.59. The second kappa shape index (κ2) is 4.39. The van der Waals surface area contributed by atoms with Gasteiger partial charge in [0.1, 0.15) is 0 Å². The molecule has 4 aliphatic rings. The van der Waals surface area contributed by atoms with Crippen LogP contribution in [0.5, 0.6) is 0 Å². The third kappa shape index (κ3) is 1.79. The lowest BCUT2D eigenvalue weighted by atomic mass is 9.64. The van der Waals surface area contributed by atoms with Gasteiger partial charge in [-0.2, -0.15) is 0 Å². The van der Waals surface area contributed by atoms with Gasteiger partial charge >= 0.3 is 0 Å². The van der Waals surface area contributed by atoms with Gasteiger partial charge in [0, 0.05) is 3.42 Å². The standard InChI is InChI=1S/C20H29I/c1-13(17-10-14-5-6-15(17)9-14)11-20(21)12-16-7-8-19(20,4)18(16,2)3/h5-6,14-17H,1,7-12H2,2-4H3/t14?,15?,16?,17?,19-,20?/m0/s1. The Morgan fingerprint density at radius 3 is 2.48 bits per heavy atom. The molecule has 0 saturated heterocycles. The summed E-state index contributed by atoms with van der Waals surface area (Å²) in [7, 11) is 0. The van der Waals surface area contributed by atoms with Crippen LogP contribution in [0.3, 0.4) is 0 Å². The van der Waals surface area contributed by atoms with Gasteiger partial charge < -0.3 is 0 Å². The molecule has 116 valence electrons. The fraction of sp³-hybridized carbons (Fsp3) is 0.800. The minimum atomic E-state index is 0.458. The van der Waals surface area contributed by atoms with Crippen molar-refractivity contribution in [1.82, 2.24) is 0 Å². The Labute approximate surface area is 144 Å². The van der Waals surface area contributed by atoms with E-state index < -0.39 is 0 Å². The monoisotopic (exact) mass is 396 g/mol. The number of hydrogen-bond donors (Lipinski definition) is 0. The van der Waals surface area contributed by atoms with Crippen molar-refractivity contribution in [2.24, 2.45) is 34.5 Å². The molecule has 6 atom stereocenters. The van der Waals surface area contributed by atoms with E-state index in [1.165, 1.54) is 38.5 Å². The molecule has 0 aromatic rings. The molecule has 0 N–H and O–H groups in total. The van der Waals surface area contributed by atoms with E-state index >= 15 is 0 Å². The summed E-state index contributed by atoms with van der Waals surface area (Å²) in [5.74, 6) is 3.42. The first-order chi connectivity index (χ1) is 9.77. The molecule has 0 radical (unpaired) electrons. The van der Waals surface area contributed by atoms with Gasteiger partial charge in [0.15, 0.2) is 0 Å². The van der Waals surface area contributed by atoms with Crippen molar-refractivity contribution in [3.8, 4) is 0 Å². The van der Waals surface area contributed by atoms with Gasteiger partial charge in [-0.05, 0) is 73.0 Å². The first kappa shape index (κ1) is 14.8. The largest absolute Gasteiger partial charge is 0.0995 e. The van der Waals surface area contributed by atoms with Gasteiger partial charge in [-0.3, -0.25) is 0 Å². The zero-order valence-corrected chi connectivity index (χ0v) is 15.9. The molecule has 4 rings (SSSR count). The lowest BCUT2D eigenvalue weighted by Gasteiger charge is -2.46. The molecule has 4 bridgehead atoms. The van der Waals surface area contributed by atoms with Crippen LogP contribution in [-0.4, -0.2) is 3.42 Å². The van der Waals surface area contributed by atoms with Crippen LogP contribution in [0, 0.1) is 34.5 Å². The molecule has 4 aliphatic carbocycles. The lowest BCUT2D eigenvalue weighted by Crippen LogP contribution is -2.43. The van der Waals surface area contributed by atoms with Crippen LogP contribution in [0.1, 0.15) is 59.3 Å². The molecule has 0 spiro atoms. The number of hydrogen-bond acceptors (Lipinski definition) is 0. The first-order valence-electron chi connectivity index (χ1n) is 8.82. The van der Waals surface area contributed by atoms with Crippen LogP contribution in [0.25, 0.3) is 0 Å². The molecule has 0 amide bonds. The molecule has 0 nitrogen and oxygen atoms in total. The van der Waals surface area contributed by atoms with Crippen LogP contribution in [-0.2, 0) is 0 Å². The Balaban J connectivity index is 1.55. The molecule has 0 aromatic carbocycles. The molecule has 3 fully saturated rings. The van der Waals surface area contributed by atoms with Gasteiger partial charge in [0.05, 0.1) is 0 Å². The zero-order chi connectivity index (χ0) is 15.0. The molecule has 1 heteroatoms. The van der Waals surface area contributed by atoms with E-state index in [1.807, 2.05) is 0 Å². The third-order valence-electron chi connectivity index (χ3n) is 8.30. The number of alkyl halides is 1. The van der Waals surface area contributed by atoms with Crippen LogP contribution < -0.4 is 0 Å². The Bertz CT molecular complexity index is 516. The number of rotatable bonds is 3. The van der Waals surface area contributed by atoms with Crippen molar-refractivity contribution < 1.29 is 0 Å². The van der Waals surface area contributed by atoms with Crippen molar-refractivity contribution in [1.29, 1.82) is 0 Å². The van der Waals surface area contributed by atoms with Crippen LogP contribution >= 0.6 is 22.6 Å². The Morgan fingerprint density at radius 1 is 1.24 bits per heavy atom. The quantitative estimate of drug-likeness (QED) is 0.304. The van der Waals surface area contributed by atoms with E-state index in [0.717, 1.165) is 23.7 Å². The topological polar surface area (TPSA) is 0 Å². The molecular weight excluding hydrogens is 367 g/mol. The van der Waals surface area contributed by atoms with Gasteiger partial charge in [0.2, 0.25) is 0 Å². The van der Waals surface area contributed by atoms with E-state index in [1.54, 1.807) is 5.57 Å². The fourth-order valence-corrected chi connectivity index (χ4v) is 8.37. The van der Waals surface area contributed by atoms with E-state index in [0.29, 0.717) is 14.3 Å². The summed E-state index contributed by atoms with van der Waals surface area (Å²) in [4.78, 5) is 0. The Kier molecular flexibility index (Phi) is 3.09. The second-order valence-electron chi connectivity index (χ2n) is 9.18. The number of allylic oxidation sites excluding steroid dienone is 3. The minimum absolute atomic E-state index is 0.458. The highest BCUT2D eigenvalue weighted by molar-refractivity contribution is 14.1. The van der Waals surface area contributed by atoms with Crippen molar-refractivity contribution in [2.45, 2.75) is 62.7 Å². The Morgan fingerprint density at radius 2 is 2.00 bits per heavy atom. The highest BCUT2D eigenvalue weighted by Gasteiger charge is 2.67. The third-order valence-corrected chi connectivity index (χ3v) is 10.3.